The molecule has 4 heteroatoms. The molecule has 0 N–H and O–H groups in total. The summed E-state index contributed by atoms with van der Waals surface area (Å²) >= 11 is 0. The Balaban J connectivity index is 2.40. The SMILES string of the molecule is CCC(=CCN(C)CCc1ccccn1)C(=O)OC. The van der Waals surface area contributed by atoms with Crippen molar-refractivity contribution < 1.29 is 9.53 Å². The number of hydrogen-bond donors (Lipinski definition) is 0. The Morgan fingerprint density at radius 1 is 1.47 bits per heavy atom. The Morgan fingerprint density at radius 2 is 2.26 bits per heavy atom. The van der Waals surface area contributed by atoms with E-state index in [-0.39, 0.29) is 5.97 Å². The Morgan fingerprint density at radius 3 is 2.84 bits per heavy atom. The first-order chi connectivity index (χ1) is 9.17. The summed E-state index contributed by atoms with van der Waals surface area (Å²) in [5.41, 5.74) is 1.81. The lowest BCUT2D eigenvalue weighted by Gasteiger charge is -2.14. The second-order valence-corrected chi connectivity index (χ2v) is 4.41. The molecule has 104 valence electrons. The van der Waals surface area contributed by atoms with Crippen molar-refractivity contribution in [3.05, 3.63) is 41.7 Å². The van der Waals surface area contributed by atoms with Gasteiger partial charge in [0.15, 0.2) is 0 Å². The number of esters is 1. The summed E-state index contributed by atoms with van der Waals surface area (Å²) in [7, 11) is 3.45. The average molecular weight is 262 g/mol. The molecule has 0 radical (unpaired) electrons. The van der Waals surface area contributed by atoms with Gasteiger partial charge in [-0.1, -0.05) is 19.1 Å². The molecular formula is C15H22N2O2. The minimum absolute atomic E-state index is 0.236. The van der Waals surface area contributed by atoms with Crippen LogP contribution in [0.15, 0.2) is 36.0 Å². The van der Waals surface area contributed by atoms with Gasteiger partial charge in [0.25, 0.3) is 0 Å². The monoisotopic (exact) mass is 262 g/mol. The number of aromatic nitrogens is 1. The van der Waals surface area contributed by atoms with Gasteiger partial charge in [0.05, 0.1) is 7.11 Å². The van der Waals surface area contributed by atoms with Crippen molar-refractivity contribution in [2.45, 2.75) is 19.8 Å². The number of carbonyl (C=O) groups excluding carboxylic acids is 1. The van der Waals surface area contributed by atoms with Crippen LogP contribution in [0.3, 0.4) is 0 Å². The van der Waals surface area contributed by atoms with Gasteiger partial charge in [-0.3, -0.25) is 4.98 Å². The largest absolute Gasteiger partial charge is 0.466 e. The smallest absolute Gasteiger partial charge is 0.333 e. The predicted molar refractivity (Wildman–Crippen MR) is 75.8 cm³/mol. The topological polar surface area (TPSA) is 42.4 Å². The molecular weight excluding hydrogens is 240 g/mol. The van der Waals surface area contributed by atoms with Gasteiger partial charge in [0, 0.05) is 37.0 Å². The Hall–Kier alpha value is -1.68. The number of ether oxygens (including phenoxy) is 1. The highest BCUT2D eigenvalue weighted by Gasteiger charge is 2.07. The molecule has 0 amide bonds. The van der Waals surface area contributed by atoms with E-state index in [4.69, 9.17) is 4.74 Å². The molecule has 4 nitrogen and oxygen atoms in total. The normalized spacial score (nSPS) is 11.7. The van der Waals surface area contributed by atoms with Gasteiger partial charge in [-0.2, -0.15) is 0 Å². The summed E-state index contributed by atoms with van der Waals surface area (Å²) in [6, 6.07) is 5.93. The van der Waals surface area contributed by atoms with E-state index in [2.05, 4.69) is 9.88 Å². The minimum atomic E-state index is -0.236. The zero-order valence-electron chi connectivity index (χ0n) is 11.9. The van der Waals surface area contributed by atoms with Crippen molar-refractivity contribution in [1.29, 1.82) is 0 Å². The molecule has 0 saturated carbocycles. The molecule has 0 bridgehead atoms. The van der Waals surface area contributed by atoms with Crippen molar-refractivity contribution in [2.24, 2.45) is 0 Å². The molecule has 0 spiro atoms. The van der Waals surface area contributed by atoms with Crippen LogP contribution >= 0.6 is 0 Å². The fourth-order valence-electron chi connectivity index (χ4n) is 1.71. The maximum Gasteiger partial charge on any atom is 0.333 e. The van der Waals surface area contributed by atoms with Crippen LogP contribution in [0, 0.1) is 0 Å². The molecule has 0 aliphatic carbocycles. The van der Waals surface area contributed by atoms with Crippen LogP contribution in [0.25, 0.3) is 0 Å². The Labute approximate surface area is 115 Å². The van der Waals surface area contributed by atoms with E-state index in [1.165, 1.54) is 7.11 Å². The van der Waals surface area contributed by atoms with Gasteiger partial charge in [0.2, 0.25) is 0 Å². The number of methoxy groups -OCH3 is 1. The van der Waals surface area contributed by atoms with Gasteiger partial charge in [-0.05, 0) is 25.6 Å². The van der Waals surface area contributed by atoms with Gasteiger partial charge in [-0.25, -0.2) is 4.79 Å². The molecule has 1 aromatic rings. The molecule has 1 heterocycles. The molecule has 0 saturated heterocycles. The third kappa shape index (κ3) is 5.66. The molecule has 0 aliphatic heterocycles. The number of likely N-dealkylation sites (N-methyl/N-ethyl adjacent to an activating group) is 1. The van der Waals surface area contributed by atoms with Crippen molar-refractivity contribution in [3.63, 3.8) is 0 Å². The highest BCUT2D eigenvalue weighted by atomic mass is 16.5. The summed E-state index contributed by atoms with van der Waals surface area (Å²) in [5, 5.41) is 0. The van der Waals surface area contributed by atoms with Crippen molar-refractivity contribution in [2.75, 3.05) is 27.2 Å². The number of hydrogen-bond acceptors (Lipinski definition) is 4. The highest BCUT2D eigenvalue weighted by molar-refractivity contribution is 5.88. The quantitative estimate of drug-likeness (QED) is 0.557. The molecule has 0 atom stereocenters. The van der Waals surface area contributed by atoms with Gasteiger partial charge < -0.3 is 9.64 Å². The standard InChI is InChI=1S/C15H22N2O2/c1-4-13(15(18)19-3)8-11-17(2)12-9-14-7-5-6-10-16-14/h5-8,10H,4,9,11-12H2,1-3H3. The predicted octanol–water partition coefficient (Wildman–Crippen LogP) is 2.07. The number of nitrogens with zero attached hydrogens (tertiary/aromatic N) is 2. The van der Waals surface area contributed by atoms with Crippen molar-refractivity contribution >= 4 is 5.97 Å². The van der Waals surface area contributed by atoms with Gasteiger partial charge in [-0.15, -0.1) is 0 Å². The molecule has 1 rings (SSSR count). The first kappa shape index (κ1) is 15.4. The van der Waals surface area contributed by atoms with Crippen LogP contribution in [-0.2, 0) is 16.0 Å². The third-order valence-electron chi connectivity index (χ3n) is 2.95. The van der Waals surface area contributed by atoms with Crippen LogP contribution in [0.4, 0.5) is 0 Å². The first-order valence-electron chi connectivity index (χ1n) is 6.53. The maximum atomic E-state index is 11.4. The van der Waals surface area contributed by atoms with Crippen LogP contribution < -0.4 is 0 Å². The summed E-state index contributed by atoms with van der Waals surface area (Å²) in [6.45, 7) is 3.60. The van der Waals surface area contributed by atoms with E-state index >= 15 is 0 Å². The molecule has 0 aliphatic rings. The van der Waals surface area contributed by atoms with Gasteiger partial charge in [0.1, 0.15) is 0 Å². The lowest BCUT2D eigenvalue weighted by Crippen LogP contribution is -2.22. The van der Waals surface area contributed by atoms with Gasteiger partial charge >= 0.3 is 5.97 Å². The lowest BCUT2D eigenvalue weighted by molar-refractivity contribution is -0.136. The molecule has 0 fully saturated rings. The molecule has 1 aromatic heterocycles. The fourth-order valence-corrected chi connectivity index (χ4v) is 1.71. The lowest BCUT2D eigenvalue weighted by atomic mass is 10.2. The van der Waals surface area contributed by atoms with E-state index in [0.29, 0.717) is 6.42 Å². The summed E-state index contributed by atoms with van der Waals surface area (Å²) in [4.78, 5) is 17.9. The summed E-state index contributed by atoms with van der Waals surface area (Å²) in [6.07, 6.45) is 5.34. The first-order valence-corrected chi connectivity index (χ1v) is 6.53. The molecule has 19 heavy (non-hydrogen) atoms. The van der Waals surface area contributed by atoms with E-state index < -0.39 is 0 Å². The minimum Gasteiger partial charge on any atom is -0.466 e. The Kier molecular flexibility index (Phi) is 6.82. The second-order valence-electron chi connectivity index (χ2n) is 4.41. The van der Waals surface area contributed by atoms with Crippen LogP contribution in [-0.4, -0.2) is 43.1 Å². The summed E-state index contributed by atoms with van der Waals surface area (Å²) < 4.78 is 4.73. The molecule has 0 unspecified atom stereocenters. The number of carbonyl (C=O) groups is 1. The van der Waals surface area contributed by atoms with Crippen LogP contribution in [0.5, 0.6) is 0 Å². The maximum absolute atomic E-state index is 11.4. The van der Waals surface area contributed by atoms with E-state index in [1.807, 2.05) is 44.4 Å². The van der Waals surface area contributed by atoms with Crippen molar-refractivity contribution in [1.82, 2.24) is 9.88 Å². The second kappa shape index (κ2) is 8.43. The van der Waals surface area contributed by atoms with Crippen molar-refractivity contribution in [3.8, 4) is 0 Å². The fraction of sp³-hybridized carbons (Fsp3) is 0.467. The molecule has 0 aromatic carbocycles. The average Bonchev–Trinajstić information content (AvgIpc) is 2.46. The zero-order chi connectivity index (χ0) is 14.1. The number of pyridine rings is 1. The third-order valence-corrected chi connectivity index (χ3v) is 2.95. The zero-order valence-corrected chi connectivity index (χ0v) is 11.9. The highest BCUT2D eigenvalue weighted by Crippen LogP contribution is 2.04. The van der Waals surface area contributed by atoms with E-state index in [9.17, 15) is 4.79 Å². The van der Waals surface area contributed by atoms with Crippen LogP contribution in [0.1, 0.15) is 19.0 Å². The van der Waals surface area contributed by atoms with E-state index in [1.54, 1.807) is 0 Å². The summed E-state index contributed by atoms with van der Waals surface area (Å²) in [5.74, 6) is -0.236. The van der Waals surface area contributed by atoms with E-state index in [0.717, 1.165) is 30.8 Å². The Bertz CT molecular complexity index is 415. The van der Waals surface area contributed by atoms with Crippen LogP contribution in [0.2, 0.25) is 0 Å². The number of rotatable bonds is 7.